The summed E-state index contributed by atoms with van der Waals surface area (Å²) in [6, 6.07) is 4.79. The SMILES string of the molecule is COc1cc(COC(=O)c2cc([N+](=O)[O-])ccc2Cl)c([N+](=O)[O-])cc1OC(F)F. The molecular weight excluding hydrogens is 422 g/mol. The van der Waals surface area contributed by atoms with Gasteiger partial charge in [-0.3, -0.25) is 20.2 Å². The van der Waals surface area contributed by atoms with Gasteiger partial charge in [0.25, 0.3) is 11.4 Å². The minimum absolute atomic E-state index is 0.131. The number of methoxy groups -OCH3 is 1. The topological polar surface area (TPSA) is 131 Å². The van der Waals surface area contributed by atoms with Gasteiger partial charge in [0.2, 0.25) is 0 Å². The highest BCUT2D eigenvalue weighted by molar-refractivity contribution is 6.33. The van der Waals surface area contributed by atoms with Crippen molar-refractivity contribution in [3.63, 3.8) is 0 Å². The minimum Gasteiger partial charge on any atom is -0.493 e. The van der Waals surface area contributed by atoms with Crippen molar-refractivity contribution in [1.29, 1.82) is 0 Å². The second-order valence-corrected chi connectivity index (χ2v) is 5.67. The number of rotatable bonds is 8. The van der Waals surface area contributed by atoms with Crippen molar-refractivity contribution in [2.24, 2.45) is 0 Å². The standard InChI is InChI=1S/C16H11ClF2N2O8/c1-27-13-4-8(12(21(25)26)6-14(13)29-16(18)19)7-28-15(22)10-5-9(20(23)24)2-3-11(10)17/h2-6,16H,7H2,1H3. The van der Waals surface area contributed by atoms with Crippen molar-refractivity contribution in [3.05, 3.63) is 66.7 Å². The minimum atomic E-state index is -3.25. The number of nitro benzene ring substituents is 2. The van der Waals surface area contributed by atoms with Crippen LogP contribution in [0.5, 0.6) is 11.5 Å². The molecule has 2 aromatic rings. The molecule has 0 heterocycles. The molecule has 13 heteroatoms. The molecule has 10 nitrogen and oxygen atoms in total. The molecule has 0 aliphatic carbocycles. The van der Waals surface area contributed by atoms with Crippen LogP contribution in [0.25, 0.3) is 0 Å². The van der Waals surface area contributed by atoms with Crippen molar-refractivity contribution in [3.8, 4) is 11.5 Å². The molecule has 0 spiro atoms. The second kappa shape index (κ2) is 9.10. The first-order chi connectivity index (χ1) is 13.6. The van der Waals surface area contributed by atoms with Crippen LogP contribution in [0.4, 0.5) is 20.2 Å². The lowest BCUT2D eigenvalue weighted by Gasteiger charge is -2.12. The third kappa shape index (κ3) is 5.25. The maximum Gasteiger partial charge on any atom is 0.387 e. The summed E-state index contributed by atoms with van der Waals surface area (Å²) in [5.74, 6) is -1.92. The highest BCUT2D eigenvalue weighted by atomic mass is 35.5. The Labute approximate surface area is 165 Å². The molecule has 0 N–H and O–H groups in total. The van der Waals surface area contributed by atoms with E-state index in [1.165, 1.54) is 0 Å². The number of esters is 1. The smallest absolute Gasteiger partial charge is 0.387 e. The van der Waals surface area contributed by atoms with Crippen LogP contribution < -0.4 is 9.47 Å². The number of carbonyl (C=O) groups is 1. The van der Waals surface area contributed by atoms with Crippen LogP contribution in [0.15, 0.2) is 30.3 Å². The third-order valence-electron chi connectivity index (χ3n) is 3.52. The van der Waals surface area contributed by atoms with E-state index >= 15 is 0 Å². The molecule has 0 saturated carbocycles. The fourth-order valence-electron chi connectivity index (χ4n) is 2.23. The Hall–Kier alpha value is -3.54. The zero-order valence-corrected chi connectivity index (χ0v) is 15.2. The number of nitrogens with zero attached hydrogens (tertiary/aromatic N) is 2. The lowest BCUT2D eigenvalue weighted by Crippen LogP contribution is -2.09. The van der Waals surface area contributed by atoms with E-state index in [4.69, 9.17) is 21.1 Å². The molecule has 0 unspecified atom stereocenters. The molecule has 0 aliphatic heterocycles. The number of ether oxygens (including phenoxy) is 3. The molecule has 0 saturated heterocycles. The van der Waals surface area contributed by atoms with Gasteiger partial charge in [-0.25, -0.2) is 4.79 Å². The molecule has 0 aliphatic rings. The van der Waals surface area contributed by atoms with E-state index < -0.39 is 46.2 Å². The van der Waals surface area contributed by atoms with Gasteiger partial charge in [0.15, 0.2) is 11.5 Å². The lowest BCUT2D eigenvalue weighted by molar-refractivity contribution is -0.386. The summed E-state index contributed by atoms with van der Waals surface area (Å²) in [6.07, 6.45) is 0. The molecule has 29 heavy (non-hydrogen) atoms. The Bertz CT molecular complexity index is 970. The summed E-state index contributed by atoms with van der Waals surface area (Å²) in [5, 5.41) is 21.9. The summed E-state index contributed by atoms with van der Waals surface area (Å²) >= 11 is 5.84. The zero-order chi connectivity index (χ0) is 21.7. The first kappa shape index (κ1) is 21.8. The van der Waals surface area contributed by atoms with E-state index in [-0.39, 0.29) is 21.9 Å². The summed E-state index contributed by atoms with van der Waals surface area (Å²) in [4.78, 5) is 32.6. The average Bonchev–Trinajstić information content (AvgIpc) is 2.65. The first-order valence-corrected chi connectivity index (χ1v) is 7.93. The molecule has 0 fully saturated rings. The van der Waals surface area contributed by atoms with E-state index in [1.807, 2.05) is 0 Å². The van der Waals surface area contributed by atoms with Crippen molar-refractivity contribution in [1.82, 2.24) is 0 Å². The molecule has 154 valence electrons. The van der Waals surface area contributed by atoms with Crippen LogP contribution in [0.1, 0.15) is 15.9 Å². The number of carbonyl (C=O) groups excluding carboxylic acids is 1. The summed E-state index contributed by atoms with van der Waals surface area (Å²) in [7, 11) is 1.12. The number of nitro groups is 2. The van der Waals surface area contributed by atoms with Gasteiger partial charge in [0, 0.05) is 12.1 Å². The third-order valence-corrected chi connectivity index (χ3v) is 3.85. The van der Waals surface area contributed by atoms with Crippen molar-refractivity contribution >= 4 is 28.9 Å². The molecule has 2 aromatic carbocycles. The van der Waals surface area contributed by atoms with Gasteiger partial charge < -0.3 is 14.2 Å². The first-order valence-electron chi connectivity index (χ1n) is 7.55. The summed E-state index contributed by atoms with van der Waals surface area (Å²) in [5.41, 5.74) is -1.60. The van der Waals surface area contributed by atoms with E-state index in [9.17, 15) is 33.8 Å². The predicted octanol–water partition coefficient (Wildman–Crippen LogP) is 4.12. The maximum atomic E-state index is 12.5. The van der Waals surface area contributed by atoms with E-state index in [1.54, 1.807) is 0 Å². The van der Waals surface area contributed by atoms with Gasteiger partial charge in [0.05, 0.1) is 39.2 Å². The Morgan fingerprint density at radius 3 is 2.38 bits per heavy atom. The molecule has 0 amide bonds. The van der Waals surface area contributed by atoms with Crippen molar-refractivity contribution in [2.75, 3.05) is 7.11 Å². The summed E-state index contributed by atoms with van der Waals surface area (Å²) < 4.78 is 38.9. The van der Waals surface area contributed by atoms with Crippen molar-refractivity contribution < 1.29 is 37.6 Å². The van der Waals surface area contributed by atoms with Crippen molar-refractivity contribution in [2.45, 2.75) is 13.2 Å². The van der Waals surface area contributed by atoms with Crippen LogP contribution >= 0.6 is 11.6 Å². The molecular formula is C16H11ClF2N2O8. The quantitative estimate of drug-likeness (QED) is 0.345. The van der Waals surface area contributed by atoms with Gasteiger partial charge in [0.1, 0.15) is 6.61 Å². The van der Waals surface area contributed by atoms with Gasteiger partial charge in [-0.15, -0.1) is 0 Å². The largest absolute Gasteiger partial charge is 0.493 e. The zero-order valence-electron chi connectivity index (χ0n) is 14.5. The predicted molar refractivity (Wildman–Crippen MR) is 93.5 cm³/mol. The Balaban J connectivity index is 2.32. The van der Waals surface area contributed by atoms with Gasteiger partial charge in [-0.05, 0) is 12.1 Å². The fourth-order valence-corrected chi connectivity index (χ4v) is 2.42. The number of halogens is 3. The second-order valence-electron chi connectivity index (χ2n) is 5.26. The highest BCUT2D eigenvalue weighted by Gasteiger charge is 2.24. The van der Waals surface area contributed by atoms with E-state index in [0.717, 1.165) is 31.4 Å². The Morgan fingerprint density at radius 2 is 1.83 bits per heavy atom. The molecule has 0 bridgehead atoms. The molecule has 0 aromatic heterocycles. The van der Waals surface area contributed by atoms with Gasteiger partial charge >= 0.3 is 12.6 Å². The van der Waals surface area contributed by atoms with E-state index in [0.29, 0.717) is 6.07 Å². The normalized spacial score (nSPS) is 10.5. The van der Waals surface area contributed by atoms with E-state index in [2.05, 4.69) is 4.74 Å². The number of hydrogen-bond donors (Lipinski definition) is 0. The molecule has 2 rings (SSSR count). The lowest BCUT2D eigenvalue weighted by atomic mass is 10.1. The van der Waals surface area contributed by atoms with Crippen LogP contribution in [0.2, 0.25) is 5.02 Å². The number of non-ortho nitro benzene ring substituents is 1. The van der Waals surface area contributed by atoms with Crippen LogP contribution in [-0.2, 0) is 11.3 Å². The van der Waals surface area contributed by atoms with Gasteiger partial charge in [-0.2, -0.15) is 8.78 Å². The molecule has 0 radical (unpaired) electrons. The van der Waals surface area contributed by atoms with Gasteiger partial charge in [-0.1, -0.05) is 11.6 Å². The average molecular weight is 433 g/mol. The fraction of sp³-hybridized carbons (Fsp3) is 0.188. The van der Waals surface area contributed by atoms with Crippen LogP contribution in [0, 0.1) is 20.2 Å². The monoisotopic (exact) mass is 432 g/mol. The molecule has 0 atom stereocenters. The Kier molecular flexibility index (Phi) is 6.83. The maximum absolute atomic E-state index is 12.5. The number of alkyl halides is 2. The van der Waals surface area contributed by atoms with Crippen LogP contribution in [0.3, 0.4) is 0 Å². The van der Waals surface area contributed by atoms with Crippen LogP contribution in [-0.4, -0.2) is 29.5 Å². The number of hydrogen-bond acceptors (Lipinski definition) is 8. The number of benzene rings is 2. The summed E-state index contributed by atoms with van der Waals surface area (Å²) in [6.45, 7) is -3.91. The Morgan fingerprint density at radius 1 is 1.14 bits per heavy atom. The highest BCUT2D eigenvalue weighted by Crippen LogP contribution is 2.36.